The van der Waals surface area contributed by atoms with E-state index < -0.39 is 0 Å². The zero-order valence-electron chi connectivity index (χ0n) is 14.4. The minimum Gasteiger partial charge on any atom is -0.192 e. The van der Waals surface area contributed by atoms with Crippen LogP contribution in [0.5, 0.6) is 0 Å². The first kappa shape index (κ1) is 16.8. The zero-order valence-corrected chi connectivity index (χ0v) is 14.4. The number of hydrogen-bond acceptors (Lipinski definition) is 1. The van der Waals surface area contributed by atoms with Crippen LogP contribution in [0.3, 0.4) is 0 Å². The molecule has 2 aromatic carbocycles. The van der Waals surface area contributed by atoms with Crippen molar-refractivity contribution >= 4 is 11.6 Å². The molecule has 23 heavy (non-hydrogen) atoms. The van der Waals surface area contributed by atoms with Gasteiger partial charge in [-0.3, -0.25) is 0 Å². The zero-order chi connectivity index (χ0) is 17.0. The largest absolute Gasteiger partial charge is 0.192 e. The standard InChI is InChI=1S/C22H23N/c1-6-7-22-18(5)16(3)9-11-20(22)13-21(14-23)19-10-8-15(2)17(4)12-19/h6,8-13H,1,7H2,2-5H3/b21-13-. The highest BCUT2D eigenvalue weighted by atomic mass is 14.3. The number of rotatable bonds is 4. The summed E-state index contributed by atoms with van der Waals surface area (Å²) in [7, 11) is 0. The lowest BCUT2D eigenvalue weighted by atomic mass is 9.92. The van der Waals surface area contributed by atoms with E-state index in [2.05, 4.69) is 64.6 Å². The highest BCUT2D eigenvalue weighted by molar-refractivity contribution is 5.90. The van der Waals surface area contributed by atoms with Crippen molar-refractivity contribution in [3.05, 3.63) is 81.9 Å². The summed E-state index contributed by atoms with van der Waals surface area (Å²) in [6, 6.07) is 12.7. The van der Waals surface area contributed by atoms with Gasteiger partial charge >= 0.3 is 0 Å². The van der Waals surface area contributed by atoms with Crippen LogP contribution in [0.4, 0.5) is 0 Å². The molecule has 0 saturated carbocycles. The first-order chi connectivity index (χ1) is 11.0. The Morgan fingerprint density at radius 1 is 1.04 bits per heavy atom. The summed E-state index contributed by atoms with van der Waals surface area (Å²) in [5.74, 6) is 0. The number of nitriles is 1. The van der Waals surface area contributed by atoms with Crippen LogP contribution in [0, 0.1) is 39.0 Å². The van der Waals surface area contributed by atoms with Crippen LogP contribution in [0.2, 0.25) is 0 Å². The van der Waals surface area contributed by atoms with Gasteiger partial charge in [-0.2, -0.15) is 5.26 Å². The normalized spacial score (nSPS) is 11.2. The van der Waals surface area contributed by atoms with E-state index in [-0.39, 0.29) is 0 Å². The van der Waals surface area contributed by atoms with Crippen LogP contribution in [-0.4, -0.2) is 0 Å². The number of benzene rings is 2. The maximum atomic E-state index is 9.61. The topological polar surface area (TPSA) is 23.8 Å². The third-order valence-electron chi connectivity index (χ3n) is 4.49. The summed E-state index contributed by atoms with van der Waals surface area (Å²) < 4.78 is 0. The molecule has 0 saturated heterocycles. The van der Waals surface area contributed by atoms with E-state index >= 15 is 0 Å². The number of aryl methyl sites for hydroxylation is 3. The SMILES string of the molecule is C=CCc1c(/C=C(/C#N)c2ccc(C)c(C)c2)ccc(C)c1C. The highest BCUT2D eigenvalue weighted by Gasteiger charge is 2.08. The molecule has 0 bridgehead atoms. The van der Waals surface area contributed by atoms with Gasteiger partial charge in [0.2, 0.25) is 0 Å². The molecule has 0 spiro atoms. The van der Waals surface area contributed by atoms with Gasteiger partial charge in [-0.05, 0) is 79.1 Å². The van der Waals surface area contributed by atoms with Gasteiger partial charge < -0.3 is 0 Å². The second-order valence-electron chi connectivity index (χ2n) is 6.04. The maximum Gasteiger partial charge on any atom is 0.0998 e. The van der Waals surface area contributed by atoms with Crippen molar-refractivity contribution in [1.29, 1.82) is 5.26 Å². The average molecular weight is 301 g/mol. The summed E-state index contributed by atoms with van der Waals surface area (Å²) >= 11 is 0. The van der Waals surface area contributed by atoms with Crippen molar-refractivity contribution in [3.8, 4) is 6.07 Å². The van der Waals surface area contributed by atoms with Crippen molar-refractivity contribution in [2.24, 2.45) is 0 Å². The number of nitrogens with zero attached hydrogens (tertiary/aromatic N) is 1. The van der Waals surface area contributed by atoms with Gasteiger partial charge in [-0.25, -0.2) is 0 Å². The molecule has 2 rings (SSSR count). The Kier molecular flexibility index (Phi) is 5.19. The second-order valence-corrected chi connectivity index (χ2v) is 6.04. The van der Waals surface area contributed by atoms with Gasteiger partial charge in [-0.1, -0.05) is 36.4 Å². The number of allylic oxidation sites excluding steroid dienone is 2. The van der Waals surface area contributed by atoms with Crippen LogP contribution in [0.1, 0.15) is 38.9 Å². The minimum absolute atomic E-state index is 0.696. The molecule has 116 valence electrons. The lowest BCUT2D eigenvalue weighted by molar-refractivity contribution is 1.17. The van der Waals surface area contributed by atoms with Gasteiger partial charge in [0.05, 0.1) is 11.6 Å². The summed E-state index contributed by atoms with van der Waals surface area (Å²) in [4.78, 5) is 0. The molecule has 0 aliphatic carbocycles. The number of hydrogen-bond donors (Lipinski definition) is 0. The van der Waals surface area contributed by atoms with E-state index in [1.54, 1.807) is 0 Å². The Labute approximate surface area is 139 Å². The fourth-order valence-corrected chi connectivity index (χ4v) is 2.69. The van der Waals surface area contributed by atoms with Gasteiger partial charge in [0.1, 0.15) is 0 Å². The van der Waals surface area contributed by atoms with Crippen molar-refractivity contribution < 1.29 is 0 Å². The average Bonchev–Trinajstić information content (AvgIpc) is 2.54. The van der Waals surface area contributed by atoms with Crippen LogP contribution in [0.25, 0.3) is 11.6 Å². The Hall–Kier alpha value is -2.59. The molecule has 0 aliphatic rings. The molecule has 0 N–H and O–H groups in total. The molecule has 0 aliphatic heterocycles. The van der Waals surface area contributed by atoms with Crippen LogP contribution >= 0.6 is 0 Å². The summed E-state index contributed by atoms with van der Waals surface area (Å²) in [6.45, 7) is 12.3. The van der Waals surface area contributed by atoms with Gasteiger partial charge in [0.25, 0.3) is 0 Å². The molecular formula is C22H23N. The monoisotopic (exact) mass is 301 g/mol. The molecule has 1 nitrogen and oxygen atoms in total. The van der Waals surface area contributed by atoms with Crippen molar-refractivity contribution in [1.82, 2.24) is 0 Å². The highest BCUT2D eigenvalue weighted by Crippen LogP contribution is 2.25. The third-order valence-corrected chi connectivity index (χ3v) is 4.49. The minimum atomic E-state index is 0.696. The summed E-state index contributed by atoms with van der Waals surface area (Å²) in [5.41, 5.74) is 9.00. The Morgan fingerprint density at radius 2 is 1.74 bits per heavy atom. The Bertz CT molecular complexity index is 817. The molecule has 0 aromatic heterocycles. The molecule has 0 heterocycles. The third kappa shape index (κ3) is 3.60. The van der Waals surface area contributed by atoms with E-state index in [1.165, 1.54) is 27.8 Å². The maximum absolute atomic E-state index is 9.61. The van der Waals surface area contributed by atoms with Gasteiger partial charge in [0, 0.05) is 0 Å². The van der Waals surface area contributed by atoms with Gasteiger partial charge in [-0.15, -0.1) is 6.58 Å². The lowest BCUT2D eigenvalue weighted by Gasteiger charge is -2.12. The molecule has 0 fully saturated rings. The molecule has 0 amide bonds. The van der Waals surface area contributed by atoms with Crippen LogP contribution in [0.15, 0.2) is 43.0 Å². The second kappa shape index (κ2) is 7.11. The lowest BCUT2D eigenvalue weighted by Crippen LogP contribution is -1.96. The molecule has 0 radical (unpaired) electrons. The predicted octanol–water partition coefficient (Wildman–Crippen LogP) is 5.71. The van der Waals surface area contributed by atoms with Crippen molar-refractivity contribution in [2.45, 2.75) is 34.1 Å². The van der Waals surface area contributed by atoms with Crippen LogP contribution in [-0.2, 0) is 6.42 Å². The fraction of sp³-hybridized carbons (Fsp3) is 0.227. The van der Waals surface area contributed by atoms with E-state index in [1.807, 2.05) is 18.2 Å². The first-order valence-electron chi connectivity index (χ1n) is 7.87. The molecule has 2 aromatic rings. The predicted molar refractivity (Wildman–Crippen MR) is 99.2 cm³/mol. The van der Waals surface area contributed by atoms with E-state index in [4.69, 9.17) is 0 Å². The van der Waals surface area contributed by atoms with Crippen LogP contribution < -0.4 is 0 Å². The smallest absolute Gasteiger partial charge is 0.0998 e. The molecular weight excluding hydrogens is 278 g/mol. The molecule has 0 unspecified atom stereocenters. The summed E-state index contributed by atoms with van der Waals surface area (Å²) in [6.07, 6.45) is 4.72. The molecule has 0 atom stereocenters. The molecule has 1 heteroatoms. The Balaban J connectivity index is 2.58. The summed E-state index contributed by atoms with van der Waals surface area (Å²) in [5, 5.41) is 9.61. The van der Waals surface area contributed by atoms with E-state index in [0.717, 1.165) is 17.5 Å². The fourth-order valence-electron chi connectivity index (χ4n) is 2.69. The van der Waals surface area contributed by atoms with Gasteiger partial charge in [0.15, 0.2) is 0 Å². The van der Waals surface area contributed by atoms with Crippen molar-refractivity contribution in [3.63, 3.8) is 0 Å². The first-order valence-corrected chi connectivity index (χ1v) is 7.87. The van der Waals surface area contributed by atoms with E-state index in [0.29, 0.717) is 5.57 Å². The Morgan fingerprint density at radius 3 is 2.35 bits per heavy atom. The van der Waals surface area contributed by atoms with Crippen molar-refractivity contribution in [2.75, 3.05) is 0 Å². The quantitative estimate of drug-likeness (QED) is 0.403. The van der Waals surface area contributed by atoms with E-state index in [9.17, 15) is 5.26 Å².